The van der Waals surface area contributed by atoms with Crippen LogP contribution in [0.5, 0.6) is 0 Å². The Balaban J connectivity index is 2.34. The van der Waals surface area contributed by atoms with Gasteiger partial charge in [-0.1, -0.05) is 31.4 Å². The summed E-state index contributed by atoms with van der Waals surface area (Å²) in [5.74, 6) is 1.88. The summed E-state index contributed by atoms with van der Waals surface area (Å²) < 4.78 is 0. The molecule has 1 aliphatic carbocycles. The minimum Gasteiger partial charge on any atom is -0.0828 e. The second-order valence-electron chi connectivity index (χ2n) is 4.26. The van der Waals surface area contributed by atoms with Gasteiger partial charge in [0.05, 0.1) is 0 Å². The van der Waals surface area contributed by atoms with Crippen LogP contribution in [0.2, 0.25) is 0 Å². The van der Waals surface area contributed by atoms with Crippen molar-refractivity contribution in [1.29, 1.82) is 0 Å². The highest BCUT2D eigenvalue weighted by Gasteiger charge is 2.15. The monoisotopic (exact) mass is 152 g/mol. The van der Waals surface area contributed by atoms with Crippen molar-refractivity contribution in [3.8, 4) is 0 Å². The second-order valence-corrected chi connectivity index (χ2v) is 4.26. The van der Waals surface area contributed by atoms with Crippen molar-refractivity contribution in [3.63, 3.8) is 0 Å². The van der Waals surface area contributed by atoms with Crippen molar-refractivity contribution >= 4 is 0 Å². The summed E-state index contributed by atoms with van der Waals surface area (Å²) in [5.41, 5.74) is 1.49. The second kappa shape index (κ2) is 3.94. The first-order chi connectivity index (χ1) is 5.18. The van der Waals surface area contributed by atoms with E-state index in [0.717, 1.165) is 11.8 Å². The molecule has 0 unspecified atom stereocenters. The van der Waals surface area contributed by atoms with Gasteiger partial charge in [0.25, 0.3) is 0 Å². The lowest BCUT2D eigenvalue weighted by molar-refractivity contribution is 0.329. The van der Waals surface area contributed by atoms with Gasteiger partial charge < -0.3 is 0 Å². The number of rotatable bonds is 1. The van der Waals surface area contributed by atoms with Gasteiger partial charge in [-0.3, -0.25) is 0 Å². The fraction of sp³-hybridized carbons (Fsp3) is 0.818. The van der Waals surface area contributed by atoms with Gasteiger partial charge in [-0.05, 0) is 38.5 Å². The van der Waals surface area contributed by atoms with Gasteiger partial charge in [-0.25, -0.2) is 0 Å². The first kappa shape index (κ1) is 8.83. The smallest absolute Gasteiger partial charge is 0.0231 e. The van der Waals surface area contributed by atoms with Gasteiger partial charge in [0.2, 0.25) is 0 Å². The Labute approximate surface area is 70.7 Å². The fourth-order valence-electron chi connectivity index (χ4n) is 1.92. The average molecular weight is 152 g/mol. The Morgan fingerprint density at radius 1 is 1.09 bits per heavy atom. The van der Waals surface area contributed by atoms with Crippen LogP contribution >= 0.6 is 0 Å². The molecule has 0 aliphatic heterocycles. The molecule has 0 saturated heterocycles. The Morgan fingerprint density at radius 2 is 1.64 bits per heavy atom. The summed E-state index contributed by atoms with van der Waals surface area (Å²) >= 11 is 0. The van der Waals surface area contributed by atoms with Gasteiger partial charge in [0.1, 0.15) is 0 Å². The van der Waals surface area contributed by atoms with Crippen molar-refractivity contribution in [1.82, 2.24) is 0 Å². The van der Waals surface area contributed by atoms with E-state index in [-0.39, 0.29) is 0 Å². The molecule has 0 heterocycles. The average Bonchev–Trinajstić information content (AvgIpc) is 1.93. The highest BCUT2D eigenvalue weighted by molar-refractivity contribution is 4.98. The molecule has 0 aromatic rings. The van der Waals surface area contributed by atoms with E-state index >= 15 is 0 Å². The van der Waals surface area contributed by atoms with E-state index in [1.54, 1.807) is 0 Å². The maximum Gasteiger partial charge on any atom is -0.0231 e. The van der Waals surface area contributed by atoms with Crippen LogP contribution < -0.4 is 0 Å². The third-order valence-corrected chi connectivity index (χ3v) is 2.63. The van der Waals surface area contributed by atoms with Crippen molar-refractivity contribution in [3.05, 3.63) is 11.6 Å². The van der Waals surface area contributed by atoms with E-state index < -0.39 is 0 Å². The minimum absolute atomic E-state index is 0.899. The molecular formula is C11H20. The minimum atomic E-state index is 0.899. The SMILES string of the molecule is CC(C)=CC1CCC(C)CC1. The zero-order chi connectivity index (χ0) is 8.27. The van der Waals surface area contributed by atoms with Crippen LogP contribution in [0.15, 0.2) is 11.6 Å². The molecule has 64 valence electrons. The van der Waals surface area contributed by atoms with E-state index in [2.05, 4.69) is 26.8 Å². The number of hydrogen-bond acceptors (Lipinski definition) is 0. The molecule has 0 aromatic heterocycles. The third-order valence-electron chi connectivity index (χ3n) is 2.63. The van der Waals surface area contributed by atoms with Crippen LogP contribution in [0.4, 0.5) is 0 Å². The highest BCUT2D eigenvalue weighted by atomic mass is 14.2. The van der Waals surface area contributed by atoms with Gasteiger partial charge in [0, 0.05) is 0 Å². The molecule has 1 saturated carbocycles. The third kappa shape index (κ3) is 3.09. The molecule has 1 rings (SSSR count). The quantitative estimate of drug-likeness (QED) is 0.502. The van der Waals surface area contributed by atoms with Crippen molar-refractivity contribution in [2.45, 2.75) is 46.5 Å². The van der Waals surface area contributed by atoms with Crippen LogP contribution in [0.25, 0.3) is 0 Å². The normalized spacial score (nSPS) is 31.5. The lowest BCUT2D eigenvalue weighted by atomic mass is 9.82. The van der Waals surface area contributed by atoms with Crippen molar-refractivity contribution < 1.29 is 0 Å². The van der Waals surface area contributed by atoms with Crippen LogP contribution in [0.1, 0.15) is 46.5 Å². The molecule has 0 heteroatoms. The van der Waals surface area contributed by atoms with E-state index in [0.29, 0.717) is 0 Å². The van der Waals surface area contributed by atoms with Crippen LogP contribution in [0.3, 0.4) is 0 Å². The Bertz CT molecular complexity index is 132. The zero-order valence-electron chi connectivity index (χ0n) is 8.06. The molecule has 0 amide bonds. The number of allylic oxidation sites excluding steroid dienone is 2. The summed E-state index contributed by atoms with van der Waals surface area (Å²) in [4.78, 5) is 0. The largest absolute Gasteiger partial charge is 0.0828 e. The highest BCUT2D eigenvalue weighted by Crippen LogP contribution is 2.29. The van der Waals surface area contributed by atoms with Gasteiger partial charge in [0.15, 0.2) is 0 Å². The van der Waals surface area contributed by atoms with Crippen molar-refractivity contribution in [2.24, 2.45) is 11.8 Å². The Hall–Kier alpha value is -0.260. The van der Waals surface area contributed by atoms with E-state index in [4.69, 9.17) is 0 Å². The predicted molar refractivity (Wildman–Crippen MR) is 50.6 cm³/mol. The maximum atomic E-state index is 2.45. The topological polar surface area (TPSA) is 0 Å². The van der Waals surface area contributed by atoms with E-state index in [9.17, 15) is 0 Å². The Morgan fingerprint density at radius 3 is 2.09 bits per heavy atom. The van der Waals surface area contributed by atoms with Gasteiger partial charge in [-0.15, -0.1) is 0 Å². The van der Waals surface area contributed by atoms with Gasteiger partial charge >= 0.3 is 0 Å². The van der Waals surface area contributed by atoms with Crippen LogP contribution in [0, 0.1) is 11.8 Å². The molecule has 0 spiro atoms. The zero-order valence-corrected chi connectivity index (χ0v) is 8.06. The molecule has 0 radical (unpaired) electrons. The van der Waals surface area contributed by atoms with Crippen LogP contribution in [-0.4, -0.2) is 0 Å². The molecular weight excluding hydrogens is 132 g/mol. The summed E-state index contributed by atoms with van der Waals surface area (Å²) in [6, 6.07) is 0. The Kier molecular flexibility index (Phi) is 3.16. The van der Waals surface area contributed by atoms with Crippen LogP contribution in [-0.2, 0) is 0 Å². The first-order valence-corrected chi connectivity index (χ1v) is 4.83. The lowest BCUT2D eigenvalue weighted by Crippen LogP contribution is -2.10. The number of hydrogen-bond donors (Lipinski definition) is 0. The standard InChI is InChI=1S/C11H20/c1-9(2)8-11-6-4-10(3)5-7-11/h8,10-11H,4-7H2,1-3H3. The fourth-order valence-corrected chi connectivity index (χ4v) is 1.92. The molecule has 1 fully saturated rings. The van der Waals surface area contributed by atoms with Crippen molar-refractivity contribution in [2.75, 3.05) is 0 Å². The first-order valence-electron chi connectivity index (χ1n) is 4.83. The summed E-state index contributed by atoms with van der Waals surface area (Å²) in [6.07, 6.45) is 8.17. The molecule has 0 aromatic carbocycles. The predicted octanol–water partition coefficient (Wildman–Crippen LogP) is 3.78. The summed E-state index contributed by atoms with van der Waals surface area (Å²) in [6.45, 7) is 6.79. The summed E-state index contributed by atoms with van der Waals surface area (Å²) in [5, 5.41) is 0. The molecule has 0 atom stereocenters. The lowest BCUT2D eigenvalue weighted by Gasteiger charge is -2.23. The van der Waals surface area contributed by atoms with Gasteiger partial charge in [-0.2, -0.15) is 0 Å². The molecule has 0 nitrogen and oxygen atoms in total. The molecule has 0 N–H and O–H groups in total. The van der Waals surface area contributed by atoms with E-state index in [1.165, 1.54) is 31.3 Å². The summed E-state index contributed by atoms with van der Waals surface area (Å²) in [7, 11) is 0. The molecule has 1 aliphatic rings. The van der Waals surface area contributed by atoms with E-state index in [1.807, 2.05) is 0 Å². The maximum absolute atomic E-state index is 2.45. The molecule has 0 bridgehead atoms. The molecule has 11 heavy (non-hydrogen) atoms.